The van der Waals surface area contributed by atoms with E-state index < -0.39 is 0 Å². The molecule has 104 valence electrons. The minimum Gasteiger partial charge on any atom is -0.508 e. The summed E-state index contributed by atoms with van der Waals surface area (Å²) in [6.07, 6.45) is 5.47. The van der Waals surface area contributed by atoms with Crippen molar-refractivity contribution in [1.29, 1.82) is 0 Å². The fourth-order valence-electron chi connectivity index (χ4n) is 2.38. The van der Waals surface area contributed by atoms with E-state index in [-0.39, 0.29) is 33.8 Å². The Balaban J connectivity index is 2.07. The van der Waals surface area contributed by atoms with Crippen LogP contribution < -0.4 is 5.32 Å². The molecule has 0 saturated heterocycles. The van der Waals surface area contributed by atoms with Crippen LogP contribution in [0.1, 0.15) is 42.5 Å². The van der Waals surface area contributed by atoms with Gasteiger partial charge in [0, 0.05) is 16.9 Å². The molecule has 1 aliphatic rings. The number of aromatic hydroxyl groups is 2. The van der Waals surface area contributed by atoms with Gasteiger partial charge in [0.25, 0.3) is 5.91 Å². The largest absolute Gasteiger partial charge is 0.508 e. The Morgan fingerprint density at radius 3 is 2.68 bits per heavy atom. The molecule has 1 aliphatic carbocycles. The van der Waals surface area contributed by atoms with Gasteiger partial charge in [-0.3, -0.25) is 4.79 Å². The average molecular weight is 328 g/mol. The third-order valence-electron chi connectivity index (χ3n) is 3.47. The van der Waals surface area contributed by atoms with E-state index in [0.29, 0.717) is 0 Å². The molecule has 19 heavy (non-hydrogen) atoms. The summed E-state index contributed by atoms with van der Waals surface area (Å²) in [5, 5.41) is 21.9. The molecule has 1 aromatic carbocycles. The van der Waals surface area contributed by atoms with Crippen molar-refractivity contribution < 1.29 is 15.0 Å². The van der Waals surface area contributed by atoms with Crippen LogP contribution in [0, 0.1) is 0 Å². The van der Waals surface area contributed by atoms with Gasteiger partial charge in [-0.05, 0) is 25.0 Å². The average Bonchev–Trinajstić information content (AvgIpc) is 2.55. The van der Waals surface area contributed by atoms with Gasteiger partial charge in [0.15, 0.2) is 0 Å². The van der Waals surface area contributed by atoms with Crippen LogP contribution in [-0.2, 0) is 0 Å². The number of nitrogens with one attached hydrogen (secondary N) is 1. The number of alkyl halides is 1. The molecule has 0 spiro atoms. The highest BCUT2D eigenvalue weighted by atomic mass is 79.9. The lowest BCUT2D eigenvalue weighted by Gasteiger charge is -2.21. The minimum absolute atomic E-state index is 0.0538. The van der Waals surface area contributed by atoms with Gasteiger partial charge in [-0.25, -0.2) is 0 Å². The molecule has 0 bridgehead atoms. The van der Waals surface area contributed by atoms with Crippen LogP contribution in [0.15, 0.2) is 18.2 Å². The van der Waals surface area contributed by atoms with E-state index >= 15 is 0 Å². The van der Waals surface area contributed by atoms with E-state index in [9.17, 15) is 15.0 Å². The van der Waals surface area contributed by atoms with E-state index in [1.165, 1.54) is 31.0 Å². The Morgan fingerprint density at radius 2 is 1.95 bits per heavy atom. The number of carbonyl (C=O) groups is 1. The number of benzene rings is 1. The van der Waals surface area contributed by atoms with Crippen molar-refractivity contribution in [2.24, 2.45) is 0 Å². The molecule has 0 radical (unpaired) electrons. The molecular formula is C14H18BrNO3. The summed E-state index contributed by atoms with van der Waals surface area (Å²) in [6, 6.07) is 4.09. The van der Waals surface area contributed by atoms with Crippen LogP contribution in [0.4, 0.5) is 0 Å². The summed E-state index contributed by atoms with van der Waals surface area (Å²) in [4.78, 5) is 12.4. The maximum absolute atomic E-state index is 12.1. The monoisotopic (exact) mass is 327 g/mol. The fraction of sp³-hybridized carbons (Fsp3) is 0.500. The molecule has 1 fully saturated rings. The SMILES string of the molecule is O=C(NC1CCCCCC1Br)c1ccc(O)cc1O. The Hall–Kier alpha value is -1.23. The maximum Gasteiger partial charge on any atom is 0.255 e. The lowest BCUT2D eigenvalue weighted by molar-refractivity contribution is 0.0932. The van der Waals surface area contributed by atoms with Crippen molar-refractivity contribution in [3.63, 3.8) is 0 Å². The molecule has 0 heterocycles. The Morgan fingerprint density at radius 1 is 1.21 bits per heavy atom. The number of hydrogen-bond acceptors (Lipinski definition) is 3. The summed E-state index contributed by atoms with van der Waals surface area (Å²) in [7, 11) is 0. The number of halogens is 1. The van der Waals surface area contributed by atoms with E-state index in [4.69, 9.17) is 0 Å². The van der Waals surface area contributed by atoms with Crippen molar-refractivity contribution in [2.75, 3.05) is 0 Å². The standard InChI is InChI=1S/C14H18BrNO3/c15-11-4-2-1-3-5-12(11)16-14(19)10-7-6-9(17)8-13(10)18/h6-8,11-12,17-18H,1-5H2,(H,16,19). The lowest BCUT2D eigenvalue weighted by atomic mass is 10.1. The number of rotatable bonds is 2. The molecule has 1 saturated carbocycles. The molecule has 1 aromatic rings. The zero-order chi connectivity index (χ0) is 13.8. The second-order valence-electron chi connectivity index (χ2n) is 4.94. The summed E-state index contributed by atoms with van der Waals surface area (Å²) in [6.45, 7) is 0. The second-order valence-corrected chi connectivity index (χ2v) is 6.11. The number of amides is 1. The molecular weight excluding hydrogens is 310 g/mol. The highest BCUT2D eigenvalue weighted by Gasteiger charge is 2.24. The minimum atomic E-state index is -0.297. The first-order chi connectivity index (χ1) is 9.08. The summed E-state index contributed by atoms with van der Waals surface area (Å²) in [5.41, 5.74) is 0.196. The van der Waals surface area contributed by atoms with Crippen LogP contribution in [0.5, 0.6) is 11.5 Å². The van der Waals surface area contributed by atoms with E-state index in [0.717, 1.165) is 19.3 Å². The van der Waals surface area contributed by atoms with Gasteiger partial charge in [0.1, 0.15) is 11.5 Å². The maximum atomic E-state index is 12.1. The first-order valence-corrected chi connectivity index (χ1v) is 7.46. The van der Waals surface area contributed by atoms with E-state index in [2.05, 4.69) is 21.2 Å². The topological polar surface area (TPSA) is 69.6 Å². The first-order valence-electron chi connectivity index (χ1n) is 6.55. The lowest BCUT2D eigenvalue weighted by Crippen LogP contribution is -2.40. The molecule has 2 atom stereocenters. The number of carbonyl (C=O) groups excluding carboxylic acids is 1. The van der Waals surface area contributed by atoms with E-state index in [1.54, 1.807) is 0 Å². The van der Waals surface area contributed by atoms with Crippen LogP contribution in [0.25, 0.3) is 0 Å². The summed E-state index contributed by atoms with van der Waals surface area (Å²) < 4.78 is 0. The molecule has 1 amide bonds. The van der Waals surface area contributed by atoms with E-state index in [1.807, 2.05) is 0 Å². The fourth-order valence-corrected chi connectivity index (χ4v) is 3.10. The van der Waals surface area contributed by atoms with Crippen molar-refractivity contribution in [2.45, 2.75) is 43.0 Å². The molecule has 4 nitrogen and oxygen atoms in total. The number of hydrogen-bond donors (Lipinski definition) is 3. The van der Waals surface area contributed by atoms with Crippen LogP contribution in [0.3, 0.4) is 0 Å². The summed E-state index contributed by atoms with van der Waals surface area (Å²) in [5.74, 6) is -0.548. The summed E-state index contributed by atoms with van der Waals surface area (Å²) >= 11 is 3.62. The first kappa shape index (κ1) is 14.2. The van der Waals surface area contributed by atoms with Gasteiger partial charge in [0.05, 0.1) is 5.56 Å². The second kappa shape index (κ2) is 6.28. The highest BCUT2D eigenvalue weighted by molar-refractivity contribution is 9.09. The Kier molecular flexibility index (Phi) is 4.69. The van der Waals surface area contributed by atoms with Gasteiger partial charge in [-0.15, -0.1) is 0 Å². The van der Waals surface area contributed by atoms with Crippen LogP contribution in [-0.4, -0.2) is 27.0 Å². The molecule has 2 rings (SSSR count). The predicted octanol–water partition coefficient (Wildman–Crippen LogP) is 2.92. The van der Waals surface area contributed by atoms with Gasteiger partial charge in [-0.2, -0.15) is 0 Å². The van der Waals surface area contributed by atoms with Crippen LogP contribution >= 0.6 is 15.9 Å². The van der Waals surface area contributed by atoms with Crippen molar-refractivity contribution >= 4 is 21.8 Å². The smallest absolute Gasteiger partial charge is 0.255 e. The number of phenolic OH excluding ortho intramolecular Hbond substituents is 2. The molecule has 3 N–H and O–H groups in total. The third kappa shape index (κ3) is 3.62. The molecule has 5 heteroatoms. The zero-order valence-corrected chi connectivity index (χ0v) is 12.2. The van der Waals surface area contributed by atoms with Gasteiger partial charge < -0.3 is 15.5 Å². The molecule has 2 unspecified atom stereocenters. The van der Waals surface area contributed by atoms with Crippen molar-refractivity contribution in [3.05, 3.63) is 23.8 Å². The Bertz CT molecular complexity index is 464. The van der Waals surface area contributed by atoms with Gasteiger partial charge in [0.2, 0.25) is 0 Å². The zero-order valence-electron chi connectivity index (χ0n) is 10.6. The Labute approximate surface area is 121 Å². The molecule has 0 aromatic heterocycles. The third-order valence-corrected chi connectivity index (χ3v) is 4.57. The van der Waals surface area contributed by atoms with Gasteiger partial charge >= 0.3 is 0 Å². The van der Waals surface area contributed by atoms with Gasteiger partial charge in [-0.1, -0.05) is 35.2 Å². The molecule has 0 aliphatic heterocycles. The highest BCUT2D eigenvalue weighted by Crippen LogP contribution is 2.26. The quantitative estimate of drug-likeness (QED) is 0.577. The predicted molar refractivity (Wildman–Crippen MR) is 76.8 cm³/mol. The van der Waals surface area contributed by atoms with Crippen molar-refractivity contribution in [1.82, 2.24) is 5.32 Å². The van der Waals surface area contributed by atoms with Crippen LogP contribution in [0.2, 0.25) is 0 Å². The number of phenols is 2. The van der Waals surface area contributed by atoms with Crippen molar-refractivity contribution in [3.8, 4) is 11.5 Å². The normalized spacial score (nSPS) is 23.6.